The highest BCUT2D eigenvalue weighted by atomic mass is 32.2. The van der Waals surface area contributed by atoms with Gasteiger partial charge < -0.3 is 9.64 Å². The lowest BCUT2D eigenvalue weighted by Crippen LogP contribution is -2.60. The van der Waals surface area contributed by atoms with Crippen LogP contribution in [0.4, 0.5) is 0 Å². The van der Waals surface area contributed by atoms with Crippen molar-refractivity contribution >= 4 is 23.7 Å². The fraction of sp³-hybridized carbons (Fsp3) is 0.417. The highest BCUT2D eigenvalue weighted by Gasteiger charge is 2.61. The highest BCUT2D eigenvalue weighted by Crippen LogP contribution is 2.54. The number of carbonyl (C=O) groups excluding carboxylic acids is 2. The zero-order valence-electron chi connectivity index (χ0n) is 18.0. The van der Waals surface area contributed by atoms with Crippen LogP contribution in [0, 0.1) is 4.91 Å². The summed E-state index contributed by atoms with van der Waals surface area (Å²) in [6.45, 7) is 3.31. The molecule has 0 aliphatic carbocycles. The molecule has 0 N–H and O–H groups in total. The lowest BCUT2D eigenvalue weighted by atomic mass is 9.62. The third kappa shape index (κ3) is 4.57. The Labute approximate surface area is 187 Å². The molecule has 1 heterocycles. The first kappa shape index (κ1) is 23.2. The molecule has 1 fully saturated rings. The first-order chi connectivity index (χ1) is 15.0. The van der Waals surface area contributed by atoms with E-state index in [-0.39, 0.29) is 18.8 Å². The molecule has 31 heavy (non-hydrogen) atoms. The third-order valence-electron chi connectivity index (χ3n) is 6.20. The summed E-state index contributed by atoms with van der Waals surface area (Å²) in [7, 11) is 2.01. The fourth-order valence-electron chi connectivity index (χ4n) is 4.49. The van der Waals surface area contributed by atoms with Crippen LogP contribution < -0.4 is 0 Å². The minimum Gasteiger partial charge on any atom is -0.465 e. The molecule has 6 nitrogen and oxygen atoms in total. The summed E-state index contributed by atoms with van der Waals surface area (Å²) < 4.78 is 7.90. The number of nitroso groups, excluding NO2 is 1. The van der Waals surface area contributed by atoms with Gasteiger partial charge in [0.15, 0.2) is 5.78 Å². The predicted molar refractivity (Wildman–Crippen MR) is 123 cm³/mol. The molecule has 0 aromatic heterocycles. The van der Waals surface area contributed by atoms with Gasteiger partial charge in [-0.15, -0.1) is 4.91 Å². The molecule has 2 aromatic rings. The van der Waals surface area contributed by atoms with Gasteiger partial charge in [-0.2, -0.15) is 0 Å². The van der Waals surface area contributed by atoms with Crippen LogP contribution in [-0.2, 0) is 14.9 Å². The Kier molecular flexibility index (Phi) is 7.62. The van der Waals surface area contributed by atoms with Crippen LogP contribution >= 0.6 is 11.9 Å². The Bertz CT molecular complexity index is 898. The molecular weight excluding hydrogens is 412 g/mol. The van der Waals surface area contributed by atoms with Crippen LogP contribution in [-0.4, -0.2) is 48.1 Å². The van der Waals surface area contributed by atoms with E-state index in [1.807, 2.05) is 43.4 Å². The van der Waals surface area contributed by atoms with Gasteiger partial charge in [-0.3, -0.25) is 9.59 Å². The molecule has 0 bridgehead atoms. The van der Waals surface area contributed by atoms with Gasteiger partial charge in [-0.1, -0.05) is 60.7 Å². The summed E-state index contributed by atoms with van der Waals surface area (Å²) in [5, 5.41) is 0. The number of ketones is 1. The van der Waals surface area contributed by atoms with Crippen molar-refractivity contribution in [2.75, 3.05) is 26.7 Å². The van der Waals surface area contributed by atoms with E-state index < -0.39 is 16.1 Å². The monoisotopic (exact) mass is 440 g/mol. The van der Waals surface area contributed by atoms with E-state index in [1.54, 1.807) is 31.2 Å². The first-order valence-electron chi connectivity index (χ1n) is 10.5. The number of Topliss-reactive ketones (excluding diaryl/α,β-unsaturated/α-hetero) is 1. The van der Waals surface area contributed by atoms with Gasteiger partial charge in [-0.25, -0.2) is 0 Å². The lowest BCUT2D eigenvalue weighted by Gasteiger charge is -2.50. The van der Waals surface area contributed by atoms with E-state index in [0.717, 1.165) is 11.9 Å². The molecule has 2 aromatic carbocycles. The van der Waals surface area contributed by atoms with Crippen molar-refractivity contribution in [3.8, 4) is 0 Å². The van der Waals surface area contributed by atoms with Crippen LogP contribution in [0.5, 0.6) is 0 Å². The molecule has 164 valence electrons. The molecule has 3 rings (SSSR count). The van der Waals surface area contributed by atoms with Gasteiger partial charge in [0, 0.05) is 28.5 Å². The third-order valence-corrected chi connectivity index (χ3v) is 7.38. The number of rotatable bonds is 9. The molecule has 0 radical (unpaired) electrons. The van der Waals surface area contributed by atoms with Crippen molar-refractivity contribution in [1.82, 2.24) is 4.90 Å². The predicted octanol–water partition coefficient (Wildman–Crippen LogP) is 4.64. The smallest absolute Gasteiger partial charge is 0.318 e. The van der Waals surface area contributed by atoms with Crippen molar-refractivity contribution in [1.29, 1.82) is 0 Å². The molecule has 1 unspecified atom stereocenters. The van der Waals surface area contributed by atoms with Crippen LogP contribution in [0.1, 0.15) is 42.1 Å². The normalized spacial score (nSPS) is 18.0. The number of likely N-dealkylation sites (tertiary alicyclic amines) is 1. The number of nitrogens with zero attached hydrogens (tertiary/aromatic N) is 2. The summed E-state index contributed by atoms with van der Waals surface area (Å²) in [5.74, 6) is -0.645. The Morgan fingerprint density at radius 1 is 1.06 bits per heavy atom. The SMILES string of the molecule is CCOC(=O)C(CC(=O)c1ccccc1)(c1ccccc1)C1(SN=O)CCN(C)CC1. The summed E-state index contributed by atoms with van der Waals surface area (Å²) in [6, 6.07) is 18.2. The molecule has 1 aliphatic rings. The summed E-state index contributed by atoms with van der Waals surface area (Å²) in [5.41, 5.74) is -0.130. The lowest BCUT2D eigenvalue weighted by molar-refractivity contribution is -0.152. The van der Waals surface area contributed by atoms with Crippen LogP contribution in [0.3, 0.4) is 0 Å². The molecule has 1 atom stereocenters. The molecule has 1 saturated heterocycles. The second-order valence-corrected chi connectivity index (χ2v) is 9.03. The van der Waals surface area contributed by atoms with Crippen LogP contribution in [0.2, 0.25) is 0 Å². The van der Waals surface area contributed by atoms with Crippen molar-refractivity contribution in [3.63, 3.8) is 0 Å². The molecule has 7 heteroatoms. The Hall–Kier alpha value is -2.51. The largest absolute Gasteiger partial charge is 0.465 e. The molecule has 0 spiro atoms. The topological polar surface area (TPSA) is 76.0 Å². The van der Waals surface area contributed by atoms with Crippen LogP contribution in [0.15, 0.2) is 65.2 Å². The summed E-state index contributed by atoms with van der Waals surface area (Å²) >= 11 is 0.885. The quantitative estimate of drug-likeness (QED) is 0.245. The van der Waals surface area contributed by atoms with E-state index >= 15 is 0 Å². The summed E-state index contributed by atoms with van der Waals surface area (Å²) in [4.78, 5) is 41.0. The van der Waals surface area contributed by atoms with Gasteiger partial charge in [0.05, 0.1) is 11.4 Å². The number of hydrogen-bond donors (Lipinski definition) is 0. The number of benzene rings is 2. The summed E-state index contributed by atoms with van der Waals surface area (Å²) in [6.07, 6.45) is 0.984. The average Bonchev–Trinajstić information content (AvgIpc) is 2.80. The number of piperidine rings is 1. The van der Waals surface area contributed by atoms with Crippen molar-refractivity contribution in [2.45, 2.75) is 36.3 Å². The molecule has 0 saturated carbocycles. The van der Waals surface area contributed by atoms with Crippen molar-refractivity contribution in [3.05, 3.63) is 76.7 Å². The Morgan fingerprint density at radius 2 is 1.65 bits per heavy atom. The fourth-order valence-corrected chi connectivity index (χ4v) is 5.43. The van der Waals surface area contributed by atoms with E-state index in [0.29, 0.717) is 37.1 Å². The number of carbonyl (C=O) groups is 2. The highest BCUT2D eigenvalue weighted by molar-refractivity contribution is 7.99. The maximum absolute atomic E-state index is 13.7. The zero-order chi connectivity index (χ0) is 22.3. The average molecular weight is 441 g/mol. The van der Waals surface area contributed by atoms with Crippen LogP contribution in [0.25, 0.3) is 0 Å². The Balaban J connectivity index is 2.22. The van der Waals surface area contributed by atoms with E-state index in [1.165, 1.54) is 0 Å². The van der Waals surface area contributed by atoms with Crippen molar-refractivity contribution < 1.29 is 14.3 Å². The van der Waals surface area contributed by atoms with Gasteiger partial charge in [0.2, 0.25) is 0 Å². The van der Waals surface area contributed by atoms with Crippen molar-refractivity contribution in [2.24, 2.45) is 4.58 Å². The zero-order valence-corrected chi connectivity index (χ0v) is 18.8. The maximum atomic E-state index is 13.7. The molecular formula is C24H28N2O4S. The van der Waals surface area contributed by atoms with Gasteiger partial charge in [0.25, 0.3) is 0 Å². The second-order valence-electron chi connectivity index (χ2n) is 7.92. The maximum Gasteiger partial charge on any atom is 0.318 e. The van der Waals surface area contributed by atoms with E-state index in [9.17, 15) is 14.5 Å². The minimum atomic E-state index is -1.34. The van der Waals surface area contributed by atoms with Gasteiger partial charge >= 0.3 is 5.97 Å². The Morgan fingerprint density at radius 3 is 2.19 bits per heavy atom. The van der Waals surface area contributed by atoms with E-state index in [2.05, 4.69) is 9.48 Å². The van der Waals surface area contributed by atoms with Gasteiger partial charge in [-0.05, 0) is 45.5 Å². The molecule has 0 amide bonds. The van der Waals surface area contributed by atoms with E-state index in [4.69, 9.17) is 4.74 Å². The second kappa shape index (κ2) is 10.2. The number of esters is 1. The minimum absolute atomic E-state index is 0.0912. The first-order valence-corrected chi connectivity index (χ1v) is 11.3. The standard InChI is InChI=1S/C24H28N2O4S/c1-3-30-22(28)24(20-12-8-5-9-13-20,18-21(27)19-10-6-4-7-11-19)23(31-25-29)14-16-26(2)17-15-23/h4-13H,3,14-18H2,1-2H3. The van der Waals surface area contributed by atoms with Gasteiger partial charge in [0.1, 0.15) is 5.41 Å². The number of hydrogen-bond acceptors (Lipinski definition) is 7. The number of ether oxygens (including phenoxy) is 1. The molecule has 1 aliphatic heterocycles.